The average molecular weight is 600 g/mol. The van der Waals surface area contributed by atoms with Crippen LogP contribution in [0.1, 0.15) is 54.0 Å². The Morgan fingerprint density at radius 1 is 1.14 bits per heavy atom. The normalized spacial score (nSPS) is 23.9. The lowest BCUT2D eigenvalue weighted by atomic mass is 9.35. The van der Waals surface area contributed by atoms with Crippen molar-refractivity contribution in [3.63, 3.8) is 0 Å². The molecule has 0 atom stereocenters. The number of nitrogens with two attached hydrogens (primary N) is 1. The monoisotopic (exact) mass is 599 g/mol. The van der Waals surface area contributed by atoms with Crippen molar-refractivity contribution in [2.24, 2.45) is 22.5 Å². The zero-order chi connectivity index (χ0) is 29.5. The number of benzene rings is 1. The molecular weight excluding hydrogens is 570 g/mol. The number of carbonyl (C=O) groups excluding carboxylic acids is 2. The van der Waals surface area contributed by atoms with Crippen molar-refractivity contribution in [3.05, 3.63) is 58.9 Å². The lowest BCUT2D eigenvalue weighted by Crippen LogP contribution is -2.64. The Kier molecular flexibility index (Phi) is 5.83. The number of rotatable bonds is 9. The van der Waals surface area contributed by atoms with Gasteiger partial charge in [-0.1, -0.05) is 17.7 Å². The van der Waals surface area contributed by atoms with E-state index >= 15 is 0 Å². The number of pyridine rings is 1. The number of nitrogens with zero attached hydrogens (tertiary/aromatic N) is 6. The van der Waals surface area contributed by atoms with Crippen molar-refractivity contribution >= 4 is 40.1 Å². The van der Waals surface area contributed by atoms with Crippen LogP contribution in [0.5, 0.6) is 5.75 Å². The molecule has 220 valence electrons. The second kappa shape index (κ2) is 9.45. The first kappa shape index (κ1) is 26.5. The molecule has 4 heterocycles. The highest BCUT2D eigenvalue weighted by molar-refractivity contribution is 6.30. The summed E-state index contributed by atoms with van der Waals surface area (Å²) in [6.45, 7) is 0.984. The van der Waals surface area contributed by atoms with Gasteiger partial charge in [-0.15, -0.1) is 0 Å². The molecule has 12 heteroatoms. The highest BCUT2D eigenvalue weighted by atomic mass is 35.5. The fourth-order valence-corrected chi connectivity index (χ4v) is 7.64. The predicted octanol–water partition coefficient (Wildman–Crippen LogP) is 3.68. The third-order valence-corrected chi connectivity index (χ3v) is 9.72. The second-order valence-electron chi connectivity index (χ2n) is 12.8. The van der Waals surface area contributed by atoms with Crippen LogP contribution >= 0.6 is 11.6 Å². The number of aliphatic hydroxyl groups excluding tert-OH is 1. The van der Waals surface area contributed by atoms with E-state index in [0.29, 0.717) is 51.4 Å². The summed E-state index contributed by atoms with van der Waals surface area (Å²) in [5.74, 6) is 0.689. The summed E-state index contributed by atoms with van der Waals surface area (Å²) in [6, 6.07) is 5.54. The van der Waals surface area contributed by atoms with Crippen LogP contribution in [0.25, 0.3) is 22.2 Å². The fraction of sp³-hybridized carbons (Fsp3) is 0.419. The molecule has 0 spiro atoms. The number of anilines is 1. The third kappa shape index (κ3) is 4.36. The molecule has 3 aromatic heterocycles. The first-order chi connectivity index (χ1) is 20.8. The maximum Gasteiger partial charge on any atom is 0.265 e. The van der Waals surface area contributed by atoms with Gasteiger partial charge in [-0.3, -0.25) is 14.5 Å². The zero-order valence-electron chi connectivity index (χ0n) is 23.4. The van der Waals surface area contributed by atoms with Crippen molar-refractivity contribution in [2.75, 3.05) is 18.1 Å². The molecule has 9 rings (SSSR count). The van der Waals surface area contributed by atoms with Crippen molar-refractivity contribution < 1.29 is 19.4 Å². The van der Waals surface area contributed by atoms with E-state index in [9.17, 15) is 14.7 Å². The molecule has 43 heavy (non-hydrogen) atoms. The minimum atomic E-state index is -0.535. The van der Waals surface area contributed by atoms with E-state index in [1.54, 1.807) is 11.1 Å². The first-order valence-electron chi connectivity index (χ1n) is 14.6. The molecule has 0 saturated heterocycles. The van der Waals surface area contributed by atoms with Gasteiger partial charge in [-0.05, 0) is 73.0 Å². The Balaban J connectivity index is 1.21. The number of halogens is 1. The molecule has 4 saturated carbocycles. The van der Waals surface area contributed by atoms with Crippen LogP contribution < -0.4 is 15.4 Å². The molecule has 2 bridgehead atoms. The van der Waals surface area contributed by atoms with Crippen LogP contribution in [0.2, 0.25) is 5.02 Å². The number of primary amides is 1. The highest BCUT2D eigenvalue weighted by Gasteiger charge is 2.67. The number of fused-ring (bicyclic) bond motifs is 2. The van der Waals surface area contributed by atoms with Crippen molar-refractivity contribution in [3.8, 4) is 16.9 Å². The molecule has 4 aliphatic carbocycles. The third-order valence-electron chi connectivity index (χ3n) is 9.52. The van der Waals surface area contributed by atoms with Crippen molar-refractivity contribution in [1.82, 2.24) is 24.7 Å². The van der Waals surface area contributed by atoms with Crippen LogP contribution in [-0.2, 0) is 24.3 Å². The Hall–Kier alpha value is -4.09. The predicted molar refractivity (Wildman–Crippen MR) is 157 cm³/mol. The summed E-state index contributed by atoms with van der Waals surface area (Å²) < 4.78 is 7.85. The SMILES string of the molecule is NC(=O)c1c(CC2CC2)nc2c(cnn2CC23CC(CO)(C2)C3)c1-c1ccc2c(c1)OCC(=O)N2Cc1ncc(Cl)cn1. The number of hydrogen-bond donors (Lipinski definition) is 2. The van der Waals surface area contributed by atoms with Gasteiger partial charge in [0.05, 0.1) is 34.7 Å². The van der Waals surface area contributed by atoms with E-state index in [1.165, 1.54) is 12.4 Å². The van der Waals surface area contributed by atoms with Crippen LogP contribution in [0.3, 0.4) is 0 Å². The molecular formula is C31H30ClN7O4. The van der Waals surface area contributed by atoms with E-state index in [1.807, 2.05) is 22.9 Å². The number of aliphatic hydroxyl groups is 1. The highest BCUT2D eigenvalue weighted by Crippen LogP contribution is 2.73. The van der Waals surface area contributed by atoms with Gasteiger partial charge in [0.15, 0.2) is 12.3 Å². The molecule has 5 aliphatic rings. The van der Waals surface area contributed by atoms with E-state index in [4.69, 9.17) is 32.2 Å². The first-order valence-corrected chi connectivity index (χ1v) is 15.0. The van der Waals surface area contributed by atoms with Gasteiger partial charge in [0, 0.05) is 36.5 Å². The maximum atomic E-state index is 13.1. The number of hydrogen-bond acceptors (Lipinski definition) is 8. The summed E-state index contributed by atoms with van der Waals surface area (Å²) in [7, 11) is 0. The van der Waals surface area contributed by atoms with Crippen LogP contribution in [0.4, 0.5) is 5.69 Å². The summed E-state index contributed by atoms with van der Waals surface area (Å²) in [5, 5.41) is 15.7. The second-order valence-corrected chi connectivity index (χ2v) is 13.3. The standard InChI is InChI=1S/C31H30ClN7O4/c32-19-7-34-24(35-8-19)10-38-22-4-3-18(6-23(22)43-11-25(38)41)26-20-9-36-39(15-30-12-31(13-30,14-30)16-40)29(20)37-21(5-17-1-2-17)27(26)28(33)42/h3-4,6-9,17,40H,1-2,5,10-16H2,(H2,33,42). The van der Waals surface area contributed by atoms with Crippen LogP contribution in [0.15, 0.2) is 36.8 Å². The van der Waals surface area contributed by atoms with E-state index in [2.05, 4.69) is 9.97 Å². The summed E-state index contributed by atoms with van der Waals surface area (Å²) in [6.07, 6.45) is 10.6. The lowest BCUT2D eigenvalue weighted by Gasteiger charge is -2.70. The quantitative estimate of drug-likeness (QED) is 0.296. The van der Waals surface area contributed by atoms with E-state index < -0.39 is 5.91 Å². The Bertz CT molecular complexity index is 1800. The molecule has 11 nitrogen and oxygen atoms in total. The average Bonchev–Trinajstić information content (AvgIpc) is 3.69. The molecule has 2 amide bonds. The minimum absolute atomic E-state index is 0.0932. The van der Waals surface area contributed by atoms with Gasteiger partial charge in [-0.2, -0.15) is 5.10 Å². The minimum Gasteiger partial charge on any atom is -0.482 e. The molecule has 3 N–H and O–H groups in total. The summed E-state index contributed by atoms with van der Waals surface area (Å²) >= 11 is 5.94. The maximum absolute atomic E-state index is 13.1. The molecule has 4 fully saturated rings. The van der Waals surface area contributed by atoms with Crippen molar-refractivity contribution in [2.45, 2.75) is 51.6 Å². The summed E-state index contributed by atoms with van der Waals surface area (Å²) in [4.78, 5) is 41.0. The number of ether oxygens (including phenoxy) is 1. The molecule has 0 unspecified atom stereocenters. The topological polar surface area (TPSA) is 149 Å². The van der Waals surface area contributed by atoms with Gasteiger partial charge < -0.3 is 15.6 Å². The van der Waals surface area contributed by atoms with Crippen LogP contribution in [-0.4, -0.2) is 54.9 Å². The smallest absolute Gasteiger partial charge is 0.265 e. The number of amides is 2. The van der Waals surface area contributed by atoms with Crippen molar-refractivity contribution in [1.29, 1.82) is 0 Å². The Labute approximate surface area is 252 Å². The van der Waals surface area contributed by atoms with Crippen LogP contribution in [0, 0.1) is 16.7 Å². The van der Waals surface area contributed by atoms with E-state index in [-0.39, 0.29) is 36.5 Å². The number of aromatic nitrogens is 5. The zero-order valence-corrected chi connectivity index (χ0v) is 24.2. The number of carbonyl (C=O) groups is 2. The van der Waals surface area contributed by atoms with E-state index in [0.717, 1.165) is 55.2 Å². The Morgan fingerprint density at radius 3 is 2.60 bits per heavy atom. The molecule has 4 aromatic rings. The Morgan fingerprint density at radius 2 is 1.91 bits per heavy atom. The molecule has 1 aromatic carbocycles. The summed E-state index contributed by atoms with van der Waals surface area (Å²) in [5.41, 5.74) is 10.1. The molecule has 1 aliphatic heterocycles. The van der Waals surface area contributed by atoms with Gasteiger partial charge in [-0.25, -0.2) is 19.6 Å². The van der Waals surface area contributed by atoms with Gasteiger partial charge in [0.25, 0.3) is 11.8 Å². The van der Waals surface area contributed by atoms with Gasteiger partial charge in [0.2, 0.25) is 0 Å². The lowest BCUT2D eigenvalue weighted by molar-refractivity contribution is -0.230. The largest absolute Gasteiger partial charge is 0.482 e. The molecule has 0 radical (unpaired) electrons. The fourth-order valence-electron chi connectivity index (χ4n) is 7.54. The van der Waals surface area contributed by atoms with Gasteiger partial charge in [0.1, 0.15) is 11.6 Å². The van der Waals surface area contributed by atoms with Gasteiger partial charge >= 0.3 is 0 Å².